The Morgan fingerprint density at radius 3 is 2.71 bits per heavy atom. The molecule has 0 unspecified atom stereocenters. The second-order valence-corrected chi connectivity index (χ2v) is 2.82. The number of hydrogen-bond acceptors (Lipinski definition) is 2. The third-order valence-electron chi connectivity index (χ3n) is 1.58. The van der Waals surface area contributed by atoms with Crippen LogP contribution in [0, 0.1) is 17.3 Å². The minimum atomic E-state index is -2.91. The van der Waals surface area contributed by atoms with Crippen molar-refractivity contribution in [3.8, 4) is 6.07 Å². The van der Waals surface area contributed by atoms with Crippen LogP contribution in [-0.4, -0.2) is 4.98 Å². The molecule has 0 aliphatic rings. The number of nitrogens with zero attached hydrogens (tertiary/aromatic N) is 2. The summed E-state index contributed by atoms with van der Waals surface area (Å²) in [6, 6.07) is 1.67. The van der Waals surface area contributed by atoms with E-state index in [1.807, 2.05) is 0 Å². The smallest absolute Gasteiger partial charge is 0.227 e. The number of aromatic nitrogens is 1. The number of rotatable bonds is 2. The fourth-order valence-electron chi connectivity index (χ4n) is 0.975. The monoisotopic (exact) mass is 220 g/mol. The molecule has 1 heterocycles. The van der Waals surface area contributed by atoms with Gasteiger partial charge in [0, 0.05) is 11.8 Å². The maximum absolute atomic E-state index is 12.7. The fraction of sp³-hybridized carbons (Fsp3) is 0.250. The molecular weight excluding hydrogens is 217 g/mol. The molecule has 2 nitrogen and oxygen atoms in total. The molecule has 1 rings (SSSR count). The van der Waals surface area contributed by atoms with Crippen molar-refractivity contribution in [1.82, 2.24) is 4.98 Å². The van der Waals surface area contributed by atoms with E-state index in [1.165, 1.54) is 0 Å². The lowest BCUT2D eigenvalue weighted by Crippen LogP contribution is -2.00. The van der Waals surface area contributed by atoms with E-state index in [1.54, 1.807) is 6.07 Å². The fourth-order valence-corrected chi connectivity index (χ4v) is 1.23. The van der Waals surface area contributed by atoms with E-state index in [2.05, 4.69) is 4.98 Å². The second-order valence-electron chi connectivity index (χ2n) is 2.44. The highest BCUT2D eigenvalue weighted by Crippen LogP contribution is 2.31. The Hall–Kier alpha value is -1.28. The average Bonchev–Trinajstić information content (AvgIpc) is 2.11. The maximum Gasteiger partial charge on any atom is 0.265 e. The van der Waals surface area contributed by atoms with Crippen molar-refractivity contribution in [3.05, 3.63) is 28.3 Å². The van der Waals surface area contributed by atoms with Crippen molar-refractivity contribution in [2.45, 2.75) is 12.8 Å². The van der Waals surface area contributed by atoms with Gasteiger partial charge < -0.3 is 0 Å². The molecule has 0 aliphatic carbocycles. The highest BCUT2D eigenvalue weighted by Gasteiger charge is 2.20. The minimum absolute atomic E-state index is 0.0473. The van der Waals surface area contributed by atoms with E-state index in [4.69, 9.17) is 16.9 Å². The van der Waals surface area contributed by atoms with Crippen LogP contribution in [0.2, 0.25) is 5.02 Å². The largest absolute Gasteiger partial charge is 0.265 e. The SMILES string of the molecule is N#CCc1cnc(F)c(Cl)c1C(F)F. The molecule has 14 heavy (non-hydrogen) atoms. The van der Waals surface area contributed by atoms with Crippen molar-refractivity contribution in [2.24, 2.45) is 0 Å². The van der Waals surface area contributed by atoms with E-state index in [9.17, 15) is 13.2 Å². The molecule has 0 aliphatic heterocycles. The molecule has 6 heteroatoms. The van der Waals surface area contributed by atoms with Crippen LogP contribution in [0.4, 0.5) is 13.2 Å². The summed E-state index contributed by atoms with van der Waals surface area (Å²) in [4.78, 5) is 3.16. The lowest BCUT2D eigenvalue weighted by Gasteiger charge is -2.07. The molecule has 0 saturated carbocycles. The molecule has 74 valence electrons. The number of hydrogen-bond donors (Lipinski definition) is 0. The summed E-state index contributed by atoms with van der Waals surface area (Å²) in [6.07, 6.45) is -2.29. The Kier molecular flexibility index (Phi) is 3.31. The van der Waals surface area contributed by atoms with Crippen LogP contribution in [0.15, 0.2) is 6.20 Å². The molecule has 0 amide bonds. The number of nitriles is 1. The van der Waals surface area contributed by atoms with Crippen LogP contribution in [0.3, 0.4) is 0 Å². The maximum atomic E-state index is 12.7. The molecule has 0 saturated heterocycles. The zero-order chi connectivity index (χ0) is 10.7. The van der Waals surface area contributed by atoms with Crippen molar-refractivity contribution in [3.63, 3.8) is 0 Å². The molecular formula is C8H4ClF3N2. The van der Waals surface area contributed by atoms with Crippen LogP contribution < -0.4 is 0 Å². The lowest BCUT2D eigenvalue weighted by molar-refractivity contribution is 0.150. The van der Waals surface area contributed by atoms with Crippen LogP contribution in [0.1, 0.15) is 17.6 Å². The summed E-state index contributed by atoms with van der Waals surface area (Å²) in [7, 11) is 0. The van der Waals surface area contributed by atoms with Gasteiger partial charge in [-0.1, -0.05) is 11.6 Å². The van der Waals surface area contributed by atoms with Crippen LogP contribution >= 0.6 is 11.6 Å². The van der Waals surface area contributed by atoms with Crippen LogP contribution in [0.5, 0.6) is 0 Å². The van der Waals surface area contributed by atoms with Crippen LogP contribution in [0.25, 0.3) is 0 Å². The zero-order valence-corrected chi connectivity index (χ0v) is 7.52. The highest BCUT2D eigenvalue weighted by atomic mass is 35.5. The van der Waals surface area contributed by atoms with E-state index in [0.29, 0.717) is 0 Å². The molecule has 1 aromatic heterocycles. The van der Waals surface area contributed by atoms with Gasteiger partial charge in [-0.3, -0.25) is 0 Å². The van der Waals surface area contributed by atoms with Crippen LogP contribution in [-0.2, 0) is 6.42 Å². The minimum Gasteiger partial charge on any atom is -0.227 e. The van der Waals surface area contributed by atoms with Gasteiger partial charge in [0.25, 0.3) is 6.43 Å². The summed E-state index contributed by atoms with van der Waals surface area (Å²) < 4.78 is 37.5. The van der Waals surface area contributed by atoms with Gasteiger partial charge in [0.1, 0.15) is 5.02 Å². The molecule has 1 aromatic rings. The lowest BCUT2D eigenvalue weighted by atomic mass is 10.1. The van der Waals surface area contributed by atoms with Crippen molar-refractivity contribution in [2.75, 3.05) is 0 Å². The van der Waals surface area contributed by atoms with Gasteiger partial charge in [0.05, 0.1) is 12.5 Å². The van der Waals surface area contributed by atoms with Gasteiger partial charge in [-0.15, -0.1) is 0 Å². The predicted octanol–water partition coefficient (Wildman–Crippen LogP) is 2.88. The summed E-state index contributed by atoms with van der Waals surface area (Å²) in [5.74, 6) is -1.15. The highest BCUT2D eigenvalue weighted by molar-refractivity contribution is 6.31. The van der Waals surface area contributed by atoms with Gasteiger partial charge in [-0.05, 0) is 5.56 Å². The Balaban J connectivity index is 3.31. The van der Waals surface area contributed by atoms with Crippen molar-refractivity contribution >= 4 is 11.6 Å². The molecule has 0 spiro atoms. The number of alkyl halides is 2. The summed E-state index contributed by atoms with van der Waals surface area (Å²) in [6.45, 7) is 0. The molecule has 0 fully saturated rings. The Bertz CT molecular complexity index is 387. The van der Waals surface area contributed by atoms with Crippen molar-refractivity contribution < 1.29 is 13.2 Å². The standard InChI is InChI=1S/C8H4ClF3N2/c9-6-5(7(10)11)4(1-2-13)3-14-8(6)12/h3,7H,1H2. The van der Waals surface area contributed by atoms with Gasteiger partial charge in [-0.25, -0.2) is 13.8 Å². The predicted molar refractivity (Wildman–Crippen MR) is 43.5 cm³/mol. The average molecular weight is 221 g/mol. The van der Waals surface area contributed by atoms with Gasteiger partial charge in [0.2, 0.25) is 5.95 Å². The van der Waals surface area contributed by atoms with Gasteiger partial charge >= 0.3 is 0 Å². The first-order valence-corrected chi connectivity index (χ1v) is 3.93. The van der Waals surface area contributed by atoms with Gasteiger partial charge in [0.15, 0.2) is 0 Å². The summed E-state index contributed by atoms with van der Waals surface area (Å²) >= 11 is 5.30. The van der Waals surface area contributed by atoms with E-state index >= 15 is 0 Å². The molecule has 0 atom stereocenters. The molecule has 0 radical (unpaired) electrons. The Morgan fingerprint density at radius 1 is 1.57 bits per heavy atom. The first-order chi connectivity index (χ1) is 6.57. The normalized spacial score (nSPS) is 10.3. The summed E-state index contributed by atoms with van der Waals surface area (Å²) in [5, 5.41) is 7.61. The van der Waals surface area contributed by atoms with Gasteiger partial charge in [-0.2, -0.15) is 9.65 Å². The first-order valence-electron chi connectivity index (χ1n) is 3.55. The summed E-state index contributed by atoms with van der Waals surface area (Å²) in [5.41, 5.74) is -0.699. The zero-order valence-electron chi connectivity index (χ0n) is 6.77. The first kappa shape index (κ1) is 10.8. The Labute approximate surface area is 82.9 Å². The Morgan fingerprint density at radius 2 is 2.21 bits per heavy atom. The third-order valence-corrected chi connectivity index (χ3v) is 1.94. The van der Waals surface area contributed by atoms with E-state index < -0.39 is 23.0 Å². The van der Waals surface area contributed by atoms with E-state index in [-0.39, 0.29) is 12.0 Å². The number of pyridine rings is 1. The van der Waals surface area contributed by atoms with Crippen molar-refractivity contribution in [1.29, 1.82) is 5.26 Å². The third kappa shape index (κ3) is 1.96. The number of halogens is 4. The molecule has 0 N–H and O–H groups in total. The molecule has 0 bridgehead atoms. The van der Waals surface area contributed by atoms with E-state index in [0.717, 1.165) is 6.20 Å². The second kappa shape index (κ2) is 4.29. The molecule has 0 aromatic carbocycles. The topological polar surface area (TPSA) is 36.7 Å². The quantitative estimate of drug-likeness (QED) is 0.719.